The molecule has 116 valence electrons. The summed E-state index contributed by atoms with van der Waals surface area (Å²) in [5, 5.41) is 26.3. The largest absolute Gasteiger partial charge is 0.481 e. The molecule has 1 aromatic heterocycles. The lowest BCUT2D eigenvalue weighted by Crippen LogP contribution is -2.46. The molecule has 1 heterocycles. The number of nitrogens with one attached hydrogen (secondary N) is 2. The molecule has 0 fully saturated rings. The minimum atomic E-state index is -1.17. The van der Waals surface area contributed by atoms with Gasteiger partial charge in [0.05, 0.1) is 0 Å². The van der Waals surface area contributed by atoms with Gasteiger partial charge in [0.25, 0.3) is 0 Å². The average molecular weight is 314 g/mol. The van der Waals surface area contributed by atoms with Gasteiger partial charge in [0.1, 0.15) is 6.04 Å². The van der Waals surface area contributed by atoms with Gasteiger partial charge < -0.3 is 20.8 Å². The van der Waals surface area contributed by atoms with E-state index in [1.807, 2.05) is 16.8 Å². The van der Waals surface area contributed by atoms with E-state index in [1.165, 1.54) is 0 Å². The number of urea groups is 1. The minimum Gasteiger partial charge on any atom is -0.481 e. The van der Waals surface area contributed by atoms with Crippen LogP contribution in [0.2, 0.25) is 0 Å². The second kappa shape index (κ2) is 8.96. The molecular formula is C13H18N2O5S. The highest BCUT2D eigenvalue weighted by atomic mass is 32.1. The number of carboxylic acid groups (broad SMARTS) is 2. The quantitative estimate of drug-likeness (QED) is 0.548. The van der Waals surface area contributed by atoms with E-state index in [0.29, 0.717) is 13.0 Å². The molecule has 1 atom stereocenters. The Balaban J connectivity index is 2.27. The van der Waals surface area contributed by atoms with Crippen LogP contribution in [0.15, 0.2) is 16.8 Å². The Morgan fingerprint density at radius 3 is 2.62 bits per heavy atom. The summed E-state index contributed by atoms with van der Waals surface area (Å²) < 4.78 is 0. The lowest BCUT2D eigenvalue weighted by molar-refractivity contribution is -0.140. The van der Waals surface area contributed by atoms with Crippen molar-refractivity contribution in [1.29, 1.82) is 0 Å². The third-order valence-corrected chi connectivity index (χ3v) is 3.50. The van der Waals surface area contributed by atoms with E-state index in [0.717, 1.165) is 5.56 Å². The Morgan fingerprint density at radius 2 is 2.05 bits per heavy atom. The summed E-state index contributed by atoms with van der Waals surface area (Å²) in [7, 11) is 0. The zero-order chi connectivity index (χ0) is 15.7. The molecule has 2 amide bonds. The molecule has 4 N–H and O–H groups in total. The standard InChI is InChI=1S/C13H18N2O5S/c16-11(17)3-1-2-10(12(18)19)15-13(20)14-6-4-9-5-7-21-8-9/h5,7-8,10H,1-4,6H2,(H,16,17)(H,18,19)(H2,14,15,20)/t10-/m1/s1. The molecule has 0 saturated heterocycles. The van der Waals surface area contributed by atoms with Gasteiger partial charge in [0, 0.05) is 13.0 Å². The normalized spacial score (nSPS) is 11.6. The number of hydrogen-bond acceptors (Lipinski definition) is 4. The molecule has 0 aromatic carbocycles. The molecule has 0 unspecified atom stereocenters. The van der Waals surface area contributed by atoms with Gasteiger partial charge in [-0.3, -0.25) is 4.79 Å². The SMILES string of the molecule is O=C(O)CCC[C@@H](NC(=O)NCCc1ccsc1)C(=O)O. The monoisotopic (exact) mass is 314 g/mol. The van der Waals surface area contributed by atoms with E-state index >= 15 is 0 Å². The Labute approximate surface area is 126 Å². The van der Waals surface area contributed by atoms with Crippen LogP contribution < -0.4 is 10.6 Å². The van der Waals surface area contributed by atoms with Gasteiger partial charge in [-0.1, -0.05) is 0 Å². The highest BCUT2D eigenvalue weighted by Gasteiger charge is 2.19. The molecule has 7 nitrogen and oxygen atoms in total. The van der Waals surface area contributed by atoms with Crippen molar-refractivity contribution in [1.82, 2.24) is 10.6 Å². The van der Waals surface area contributed by atoms with E-state index in [9.17, 15) is 14.4 Å². The van der Waals surface area contributed by atoms with Crippen LogP contribution in [-0.4, -0.2) is 40.8 Å². The third-order valence-electron chi connectivity index (χ3n) is 2.77. The maximum Gasteiger partial charge on any atom is 0.326 e. The van der Waals surface area contributed by atoms with Crippen LogP contribution in [0, 0.1) is 0 Å². The number of carbonyl (C=O) groups excluding carboxylic acids is 1. The van der Waals surface area contributed by atoms with Crippen molar-refractivity contribution >= 4 is 29.3 Å². The summed E-state index contributed by atoms with van der Waals surface area (Å²) in [6.45, 7) is 0.407. The Kier molecular flexibility index (Phi) is 7.24. The molecule has 8 heteroatoms. The van der Waals surface area contributed by atoms with Gasteiger partial charge in [-0.2, -0.15) is 11.3 Å². The van der Waals surface area contributed by atoms with Crippen molar-refractivity contribution in [2.45, 2.75) is 31.7 Å². The maximum atomic E-state index is 11.6. The van der Waals surface area contributed by atoms with Crippen LogP contribution in [0.5, 0.6) is 0 Å². The van der Waals surface area contributed by atoms with Gasteiger partial charge in [-0.15, -0.1) is 0 Å². The predicted molar refractivity (Wildman–Crippen MR) is 77.5 cm³/mol. The molecular weight excluding hydrogens is 296 g/mol. The van der Waals surface area contributed by atoms with Crippen molar-refractivity contribution in [2.24, 2.45) is 0 Å². The number of carbonyl (C=O) groups is 3. The maximum absolute atomic E-state index is 11.6. The topological polar surface area (TPSA) is 116 Å². The van der Waals surface area contributed by atoms with Crippen LogP contribution in [0.1, 0.15) is 24.8 Å². The van der Waals surface area contributed by atoms with Crippen molar-refractivity contribution in [3.8, 4) is 0 Å². The molecule has 21 heavy (non-hydrogen) atoms. The predicted octanol–water partition coefficient (Wildman–Crippen LogP) is 1.30. The molecule has 0 spiro atoms. The molecule has 0 radical (unpaired) electrons. The molecule has 0 saturated carbocycles. The number of amides is 2. The molecule has 1 rings (SSSR count). The first-order chi connectivity index (χ1) is 9.99. The average Bonchev–Trinajstić information content (AvgIpc) is 2.90. The summed E-state index contributed by atoms with van der Waals surface area (Å²) in [4.78, 5) is 32.9. The lowest BCUT2D eigenvalue weighted by Gasteiger charge is -2.14. The van der Waals surface area contributed by atoms with Crippen molar-refractivity contribution in [3.63, 3.8) is 0 Å². The molecule has 0 aliphatic heterocycles. The van der Waals surface area contributed by atoms with E-state index < -0.39 is 24.0 Å². The number of thiophene rings is 1. The fourth-order valence-corrected chi connectivity index (χ4v) is 2.38. The second-order valence-electron chi connectivity index (χ2n) is 4.46. The van der Waals surface area contributed by atoms with Crippen molar-refractivity contribution in [3.05, 3.63) is 22.4 Å². The van der Waals surface area contributed by atoms with E-state index in [2.05, 4.69) is 10.6 Å². The molecule has 0 aliphatic rings. The summed E-state index contributed by atoms with van der Waals surface area (Å²) >= 11 is 1.57. The van der Waals surface area contributed by atoms with E-state index in [4.69, 9.17) is 10.2 Å². The van der Waals surface area contributed by atoms with Crippen LogP contribution in [0.25, 0.3) is 0 Å². The number of rotatable bonds is 9. The molecule has 0 bridgehead atoms. The van der Waals surface area contributed by atoms with E-state index in [-0.39, 0.29) is 19.3 Å². The zero-order valence-electron chi connectivity index (χ0n) is 11.4. The summed E-state index contributed by atoms with van der Waals surface area (Å²) in [5.74, 6) is -2.16. The Morgan fingerprint density at radius 1 is 1.29 bits per heavy atom. The van der Waals surface area contributed by atoms with Crippen molar-refractivity contribution in [2.75, 3.05) is 6.54 Å². The first-order valence-electron chi connectivity index (χ1n) is 6.49. The highest BCUT2D eigenvalue weighted by Crippen LogP contribution is 2.05. The van der Waals surface area contributed by atoms with Gasteiger partial charge in [-0.05, 0) is 41.7 Å². The summed E-state index contributed by atoms with van der Waals surface area (Å²) in [6, 6.07) is 0.314. The Bertz CT molecular complexity index is 475. The van der Waals surface area contributed by atoms with Crippen LogP contribution >= 0.6 is 11.3 Å². The molecule has 1 aromatic rings. The fraction of sp³-hybridized carbons (Fsp3) is 0.462. The number of aliphatic carboxylic acids is 2. The number of hydrogen-bond donors (Lipinski definition) is 4. The third kappa shape index (κ3) is 7.31. The summed E-state index contributed by atoms with van der Waals surface area (Å²) in [6.07, 6.45) is 0.833. The first-order valence-corrected chi connectivity index (χ1v) is 7.43. The zero-order valence-corrected chi connectivity index (χ0v) is 12.2. The lowest BCUT2D eigenvalue weighted by atomic mass is 10.1. The van der Waals surface area contributed by atoms with Crippen molar-refractivity contribution < 1.29 is 24.6 Å². The molecule has 0 aliphatic carbocycles. The Hall–Kier alpha value is -2.09. The smallest absolute Gasteiger partial charge is 0.326 e. The summed E-state index contributed by atoms with van der Waals surface area (Å²) in [5.41, 5.74) is 1.11. The van der Waals surface area contributed by atoms with Gasteiger partial charge in [0.2, 0.25) is 0 Å². The van der Waals surface area contributed by atoms with Crippen LogP contribution in [0.4, 0.5) is 4.79 Å². The second-order valence-corrected chi connectivity index (χ2v) is 5.24. The van der Waals surface area contributed by atoms with Gasteiger partial charge >= 0.3 is 18.0 Å². The first kappa shape index (κ1) is 17.0. The highest BCUT2D eigenvalue weighted by molar-refractivity contribution is 7.07. The van der Waals surface area contributed by atoms with Crippen LogP contribution in [0.3, 0.4) is 0 Å². The van der Waals surface area contributed by atoms with E-state index in [1.54, 1.807) is 11.3 Å². The van der Waals surface area contributed by atoms with Gasteiger partial charge in [-0.25, -0.2) is 9.59 Å². The minimum absolute atomic E-state index is 0.0829. The van der Waals surface area contributed by atoms with Gasteiger partial charge in [0.15, 0.2) is 0 Å². The van der Waals surface area contributed by atoms with Crippen LogP contribution in [-0.2, 0) is 16.0 Å². The number of carboxylic acids is 2. The fourth-order valence-electron chi connectivity index (χ4n) is 1.68.